The number of anilines is 1. The normalized spacial score (nSPS) is 13.1. The minimum absolute atomic E-state index is 0.107. The second kappa shape index (κ2) is 6.80. The van der Waals surface area contributed by atoms with E-state index in [-0.39, 0.29) is 30.1 Å². The Kier molecular flexibility index (Phi) is 4.56. The zero-order chi connectivity index (χ0) is 18.0. The van der Waals surface area contributed by atoms with Gasteiger partial charge < -0.3 is 5.32 Å². The van der Waals surface area contributed by atoms with Crippen molar-refractivity contribution in [3.63, 3.8) is 0 Å². The molecule has 2 heterocycles. The van der Waals surface area contributed by atoms with Crippen LogP contribution in [0.25, 0.3) is 0 Å². The number of nitrogens with zero attached hydrogens (tertiary/aromatic N) is 2. The van der Waals surface area contributed by atoms with Gasteiger partial charge in [-0.1, -0.05) is 6.07 Å². The van der Waals surface area contributed by atoms with E-state index in [2.05, 4.69) is 10.3 Å². The molecule has 0 aliphatic carbocycles. The second-order valence-electron chi connectivity index (χ2n) is 5.78. The van der Waals surface area contributed by atoms with E-state index in [1.165, 1.54) is 12.3 Å². The summed E-state index contributed by atoms with van der Waals surface area (Å²) in [7, 11) is 0. The molecule has 3 amide bonds. The van der Waals surface area contributed by atoms with E-state index >= 15 is 0 Å². The first kappa shape index (κ1) is 16.8. The first-order valence-corrected chi connectivity index (χ1v) is 7.84. The summed E-state index contributed by atoms with van der Waals surface area (Å²) < 4.78 is 13.5. The van der Waals surface area contributed by atoms with Gasteiger partial charge in [-0.25, -0.2) is 4.39 Å². The number of aromatic nitrogens is 1. The van der Waals surface area contributed by atoms with Crippen LogP contribution in [0, 0.1) is 12.7 Å². The summed E-state index contributed by atoms with van der Waals surface area (Å²) >= 11 is 0. The van der Waals surface area contributed by atoms with Crippen molar-refractivity contribution in [2.75, 3.05) is 11.9 Å². The Morgan fingerprint density at radius 3 is 2.76 bits per heavy atom. The molecule has 7 heteroatoms. The van der Waals surface area contributed by atoms with Crippen molar-refractivity contribution in [1.29, 1.82) is 0 Å². The van der Waals surface area contributed by atoms with Crippen molar-refractivity contribution in [2.24, 2.45) is 0 Å². The number of hydrogen-bond donors (Lipinski definition) is 1. The number of pyridine rings is 1. The summed E-state index contributed by atoms with van der Waals surface area (Å²) in [4.78, 5) is 41.3. The van der Waals surface area contributed by atoms with E-state index in [9.17, 15) is 18.8 Å². The van der Waals surface area contributed by atoms with Gasteiger partial charge in [0.1, 0.15) is 11.5 Å². The molecule has 0 unspecified atom stereocenters. The van der Waals surface area contributed by atoms with Crippen LogP contribution in [0.4, 0.5) is 10.1 Å². The van der Waals surface area contributed by atoms with Gasteiger partial charge in [-0.15, -0.1) is 0 Å². The monoisotopic (exact) mass is 341 g/mol. The number of halogens is 1. The molecular formula is C18H16FN3O3. The first-order valence-electron chi connectivity index (χ1n) is 7.84. The number of benzene rings is 1. The van der Waals surface area contributed by atoms with Crippen molar-refractivity contribution < 1.29 is 18.8 Å². The molecule has 0 atom stereocenters. The molecule has 0 radical (unpaired) electrons. The molecule has 1 aromatic heterocycles. The van der Waals surface area contributed by atoms with Crippen LogP contribution >= 0.6 is 0 Å². The highest BCUT2D eigenvalue weighted by atomic mass is 19.1. The highest BCUT2D eigenvalue weighted by Gasteiger charge is 2.36. The lowest BCUT2D eigenvalue weighted by Crippen LogP contribution is -2.31. The van der Waals surface area contributed by atoms with Crippen LogP contribution in [-0.4, -0.2) is 34.2 Å². The molecule has 3 rings (SSSR count). The summed E-state index contributed by atoms with van der Waals surface area (Å²) in [5.41, 5.74) is 1.30. The van der Waals surface area contributed by atoms with E-state index in [0.717, 1.165) is 4.90 Å². The highest BCUT2D eigenvalue weighted by molar-refractivity contribution is 6.20. The molecule has 6 nitrogen and oxygen atoms in total. The third-order valence-electron chi connectivity index (χ3n) is 3.97. The standard InChI is InChI=1S/C18H16FN3O3/c1-11-6-7-12(10-14(11)19)21-15(23)5-3-9-22-17(24)13-4-2-8-20-16(13)18(22)25/h2,4,6-8,10H,3,5,9H2,1H3,(H,21,23). The van der Waals surface area contributed by atoms with Crippen LogP contribution < -0.4 is 5.32 Å². The first-order chi connectivity index (χ1) is 12.0. The maximum absolute atomic E-state index is 13.5. The van der Waals surface area contributed by atoms with Gasteiger partial charge in [0, 0.05) is 24.8 Å². The predicted molar refractivity (Wildman–Crippen MR) is 88.6 cm³/mol. The van der Waals surface area contributed by atoms with Gasteiger partial charge in [0.15, 0.2) is 0 Å². The van der Waals surface area contributed by atoms with E-state index in [1.54, 1.807) is 31.2 Å². The van der Waals surface area contributed by atoms with Crippen molar-refractivity contribution >= 4 is 23.4 Å². The summed E-state index contributed by atoms with van der Waals surface area (Å²) in [5, 5.41) is 2.60. The molecule has 0 fully saturated rings. The molecule has 0 saturated carbocycles. The fourth-order valence-electron chi connectivity index (χ4n) is 2.61. The third kappa shape index (κ3) is 3.40. The molecule has 0 bridgehead atoms. The van der Waals surface area contributed by atoms with Crippen LogP contribution in [0.3, 0.4) is 0 Å². The van der Waals surface area contributed by atoms with Gasteiger partial charge in [0.05, 0.1) is 5.56 Å². The van der Waals surface area contributed by atoms with Gasteiger partial charge in [-0.3, -0.25) is 24.3 Å². The Labute approximate surface area is 143 Å². The number of nitrogens with one attached hydrogen (secondary N) is 1. The Balaban J connectivity index is 1.53. The zero-order valence-electron chi connectivity index (χ0n) is 13.6. The number of imide groups is 1. The predicted octanol–water partition coefficient (Wildman–Crippen LogP) is 2.54. The van der Waals surface area contributed by atoms with Crippen molar-refractivity contribution in [3.05, 3.63) is 59.2 Å². The Morgan fingerprint density at radius 2 is 2.04 bits per heavy atom. The third-order valence-corrected chi connectivity index (χ3v) is 3.97. The van der Waals surface area contributed by atoms with Gasteiger partial charge in [0.2, 0.25) is 5.91 Å². The number of rotatable bonds is 5. The van der Waals surface area contributed by atoms with E-state index in [0.29, 0.717) is 17.7 Å². The van der Waals surface area contributed by atoms with Crippen molar-refractivity contribution in [1.82, 2.24) is 9.88 Å². The van der Waals surface area contributed by atoms with Gasteiger partial charge >= 0.3 is 0 Å². The minimum atomic E-state index is -0.443. The fourth-order valence-corrected chi connectivity index (χ4v) is 2.61. The summed E-state index contributed by atoms with van der Waals surface area (Å²) in [6, 6.07) is 7.61. The lowest BCUT2D eigenvalue weighted by molar-refractivity contribution is -0.116. The number of hydrogen-bond acceptors (Lipinski definition) is 4. The Bertz CT molecular complexity index is 831. The zero-order valence-corrected chi connectivity index (χ0v) is 13.6. The van der Waals surface area contributed by atoms with E-state index in [1.807, 2.05) is 0 Å². The number of carbonyl (C=O) groups excluding carboxylic acids is 3. The number of carbonyl (C=O) groups is 3. The van der Waals surface area contributed by atoms with Gasteiger partial charge in [-0.05, 0) is 43.2 Å². The quantitative estimate of drug-likeness (QED) is 0.848. The average Bonchev–Trinajstić information content (AvgIpc) is 2.83. The largest absolute Gasteiger partial charge is 0.326 e. The number of fused-ring (bicyclic) bond motifs is 1. The lowest BCUT2D eigenvalue weighted by Gasteiger charge is -2.13. The Hall–Kier alpha value is -3.09. The van der Waals surface area contributed by atoms with Crippen LogP contribution in [0.15, 0.2) is 36.5 Å². The minimum Gasteiger partial charge on any atom is -0.326 e. The molecule has 1 aliphatic rings. The van der Waals surface area contributed by atoms with Gasteiger partial charge in [-0.2, -0.15) is 0 Å². The molecule has 1 aliphatic heterocycles. The maximum atomic E-state index is 13.5. The van der Waals surface area contributed by atoms with Crippen LogP contribution in [0.5, 0.6) is 0 Å². The SMILES string of the molecule is Cc1ccc(NC(=O)CCCN2C(=O)c3cccnc3C2=O)cc1F. The molecule has 1 N–H and O–H groups in total. The molecule has 0 spiro atoms. The topological polar surface area (TPSA) is 79.4 Å². The second-order valence-corrected chi connectivity index (χ2v) is 5.78. The van der Waals surface area contributed by atoms with E-state index < -0.39 is 17.6 Å². The number of amides is 3. The van der Waals surface area contributed by atoms with Crippen molar-refractivity contribution in [2.45, 2.75) is 19.8 Å². The average molecular weight is 341 g/mol. The smallest absolute Gasteiger partial charge is 0.280 e. The lowest BCUT2D eigenvalue weighted by atomic mass is 10.2. The number of aryl methyl sites for hydroxylation is 1. The summed E-state index contributed by atoms with van der Waals surface area (Å²) in [6.07, 6.45) is 1.88. The summed E-state index contributed by atoms with van der Waals surface area (Å²) in [6.45, 7) is 1.77. The maximum Gasteiger partial charge on any atom is 0.280 e. The molecule has 25 heavy (non-hydrogen) atoms. The van der Waals surface area contributed by atoms with Gasteiger partial charge in [0.25, 0.3) is 11.8 Å². The molecule has 0 saturated heterocycles. The molecule has 128 valence electrons. The Morgan fingerprint density at radius 1 is 1.24 bits per heavy atom. The van der Waals surface area contributed by atoms with Crippen molar-refractivity contribution in [3.8, 4) is 0 Å². The van der Waals surface area contributed by atoms with Crippen LogP contribution in [0.1, 0.15) is 39.3 Å². The molecule has 1 aromatic carbocycles. The van der Waals surface area contributed by atoms with E-state index in [4.69, 9.17) is 0 Å². The summed E-state index contributed by atoms with van der Waals surface area (Å²) in [5.74, 6) is -1.54. The molecular weight excluding hydrogens is 325 g/mol. The van der Waals surface area contributed by atoms with Crippen LogP contribution in [-0.2, 0) is 4.79 Å². The molecule has 2 aromatic rings. The van der Waals surface area contributed by atoms with Crippen LogP contribution in [0.2, 0.25) is 0 Å². The fraction of sp³-hybridized carbons (Fsp3) is 0.222. The highest BCUT2D eigenvalue weighted by Crippen LogP contribution is 2.21.